The third kappa shape index (κ3) is 30.4. The van der Waals surface area contributed by atoms with Crippen LogP contribution in [0.1, 0.15) is 19.3 Å². The van der Waals surface area contributed by atoms with Crippen molar-refractivity contribution >= 4 is 0 Å². The molecular weight excluding hydrogens is 252 g/mol. The fourth-order valence-electron chi connectivity index (χ4n) is 1.34. The van der Waals surface area contributed by atoms with Crippen LogP contribution in [0, 0.1) is 11.3 Å². The van der Waals surface area contributed by atoms with Gasteiger partial charge in [0.2, 0.25) is 0 Å². The molecule has 0 aromatic heterocycles. The molecule has 0 radical (unpaired) electrons. The zero-order chi connectivity index (χ0) is 16.1. The summed E-state index contributed by atoms with van der Waals surface area (Å²) in [7, 11) is 9.52. The van der Waals surface area contributed by atoms with Crippen LogP contribution in [-0.4, -0.2) is 72.9 Å². The van der Waals surface area contributed by atoms with Crippen molar-refractivity contribution in [1.29, 1.82) is 5.26 Å². The predicted octanol–water partition coefficient (Wildman–Crippen LogP) is -0.168. The van der Waals surface area contributed by atoms with E-state index in [1.165, 1.54) is 33.0 Å². The molecular formula is C14H36N6. The summed E-state index contributed by atoms with van der Waals surface area (Å²) < 4.78 is 0. The van der Waals surface area contributed by atoms with Gasteiger partial charge in [0, 0.05) is 13.0 Å². The molecule has 0 fully saturated rings. The third-order valence-corrected chi connectivity index (χ3v) is 2.42. The molecule has 0 atom stereocenters. The predicted molar refractivity (Wildman–Crippen MR) is 88.9 cm³/mol. The molecule has 0 saturated heterocycles. The minimum absolute atomic E-state index is 0.608. The van der Waals surface area contributed by atoms with Crippen molar-refractivity contribution in [3.8, 4) is 6.07 Å². The zero-order valence-corrected chi connectivity index (χ0v) is 14.1. The lowest BCUT2D eigenvalue weighted by atomic mass is 10.3. The number of nitrogens with one attached hydrogen (secondary N) is 3. The second kappa shape index (κ2) is 26.8. The minimum Gasteiger partial charge on any atom is -0.333 e. The summed E-state index contributed by atoms with van der Waals surface area (Å²) in [4.78, 5) is 2.38. The van der Waals surface area contributed by atoms with Gasteiger partial charge in [-0.3, -0.25) is 0 Å². The lowest BCUT2D eigenvalue weighted by Gasteiger charge is -2.15. The molecule has 0 spiro atoms. The third-order valence-electron chi connectivity index (χ3n) is 2.42. The van der Waals surface area contributed by atoms with Crippen molar-refractivity contribution < 1.29 is 0 Å². The van der Waals surface area contributed by atoms with Gasteiger partial charge in [0.05, 0.1) is 6.07 Å². The molecule has 0 aliphatic carbocycles. The van der Waals surface area contributed by atoms with Gasteiger partial charge in [-0.1, -0.05) is 0 Å². The maximum Gasteiger partial charge on any atom is 0.0635 e. The highest BCUT2D eigenvalue weighted by Gasteiger charge is 1.95. The SMILES string of the molecule is CN.CNCCC#N.CNCCCN(C)CCCNC. The molecule has 0 aromatic carbocycles. The summed E-state index contributed by atoms with van der Waals surface area (Å²) >= 11 is 0. The highest BCUT2D eigenvalue weighted by atomic mass is 15.1. The summed E-state index contributed by atoms with van der Waals surface area (Å²) in [5.74, 6) is 0. The van der Waals surface area contributed by atoms with E-state index in [1.807, 2.05) is 27.2 Å². The average molecular weight is 288 g/mol. The molecule has 0 aliphatic heterocycles. The molecule has 0 rings (SSSR count). The fourth-order valence-corrected chi connectivity index (χ4v) is 1.34. The molecule has 0 amide bonds. The zero-order valence-electron chi connectivity index (χ0n) is 14.1. The van der Waals surface area contributed by atoms with Gasteiger partial charge in [-0.05, 0) is 74.3 Å². The monoisotopic (exact) mass is 288 g/mol. The number of hydrogen-bond acceptors (Lipinski definition) is 6. The Morgan fingerprint density at radius 3 is 1.55 bits per heavy atom. The summed E-state index contributed by atoms with van der Waals surface area (Å²) in [5, 5.41) is 17.1. The molecule has 0 saturated carbocycles. The molecule has 0 aromatic rings. The Bertz CT molecular complexity index is 171. The maximum atomic E-state index is 7.91. The van der Waals surface area contributed by atoms with E-state index >= 15 is 0 Å². The number of nitriles is 1. The fraction of sp³-hybridized carbons (Fsp3) is 0.929. The van der Waals surface area contributed by atoms with Gasteiger partial charge in [-0.2, -0.15) is 5.26 Å². The van der Waals surface area contributed by atoms with Gasteiger partial charge in [0.15, 0.2) is 0 Å². The molecule has 0 unspecified atom stereocenters. The van der Waals surface area contributed by atoms with E-state index in [0.717, 1.165) is 19.6 Å². The van der Waals surface area contributed by atoms with Gasteiger partial charge in [0.25, 0.3) is 0 Å². The highest BCUT2D eigenvalue weighted by molar-refractivity contribution is 4.68. The van der Waals surface area contributed by atoms with Crippen molar-refractivity contribution in [1.82, 2.24) is 20.9 Å². The summed E-state index contributed by atoms with van der Waals surface area (Å²) in [6.45, 7) is 5.44. The largest absolute Gasteiger partial charge is 0.333 e. The van der Waals surface area contributed by atoms with Gasteiger partial charge in [-0.25, -0.2) is 0 Å². The van der Waals surface area contributed by atoms with Crippen LogP contribution in [0.2, 0.25) is 0 Å². The molecule has 20 heavy (non-hydrogen) atoms. The Hall–Kier alpha value is -0.710. The molecule has 0 aliphatic rings. The Kier molecular flexibility index (Phi) is 32.6. The molecule has 0 bridgehead atoms. The van der Waals surface area contributed by atoms with E-state index < -0.39 is 0 Å². The summed E-state index contributed by atoms with van der Waals surface area (Å²) in [5.41, 5.74) is 4.50. The van der Waals surface area contributed by atoms with E-state index in [9.17, 15) is 0 Å². The van der Waals surface area contributed by atoms with Crippen LogP contribution in [-0.2, 0) is 0 Å². The van der Waals surface area contributed by atoms with Gasteiger partial charge in [0.1, 0.15) is 0 Å². The molecule has 6 nitrogen and oxygen atoms in total. The van der Waals surface area contributed by atoms with Crippen molar-refractivity contribution in [3.63, 3.8) is 0 Å². The van der Waals surface area contributed by atoms with Crippen LogP contribution in [0.15, 0.2) is 0 Å². The Labute approximate surface area is 126 Å². The van der Waals surface area contributed by atoms with Crippen LogP contribution in [0.25, 0.3) is 0 Å². The quantitative estimate of drug-likeness (QED) is 0.418. The van der Waals surface area contributed by atoms with Crippen molar-refractivity contribution in [2.75, 3.05) is 68.0 Å². The van der Waals surface area contributed by atoms with E-state index in [4.69, 9.17) is 5.26 Å². The van der Waals surface area contributed by atoms with Gasteiger partial charge >= 0.3 is 0 Å². The number of rotatable bonds is 10. The van der Waals surface area contributed by atoms with E-state index in [0.29, 0.717) is 6.42 Å². The first-order valence-electron chi connectivity index (χ1n) is 7.29. The number of nitrogens with zero attached hydrogens (tertiary/aromatic N) is 2. The van der Waals surface area contributed by atoms with Crippen molar-refractivity contribution in [2.45, 2.75) is 19.3 Å². The minimum atomic E-state index is 0.608. The smallest absolute Gasteiger partial charge is 0.0635 e. The van der Waals surface area contributed by atoms with Crippen molar-refractivity contribution in [3.05, 3.63) is 0 Å². The second-order valence-corrected chi connectivity index (χ2v) is 4.23. The highest BCUT2D eigenvalue weighted by Crippen LogP contribution is 1.88. The summed E-state index contributed by atoms with van der Waals surface area (Å²) in [6, 6.07) is 2.01. The first kappa shape index (κ1) is 24.3. The summed E-state index contributed by atoms with van der Waals surface area (Å²) in [6.07, 6.45) is 3.09. The first-order chi connectivity index (χ1) is 9.72. The van der Waals surface area contributed by atoms with Gasteiger partial charge in [-0.15, -0.1) is 0 Å². The van der Waals surface area contributed by atoms with Crippen LogP contribution in [0.4, 0.5) is 0 Å². The topological polar surface area (TPSA) is 89.1 Å². The first-order valence-corrected chi connectivity index (χ1v) is 7.29. The maximum absolute atomic E-state index is 7.91. The van der Waals surface area contributed by atoms with Crippen molar-refractivity contribution in [2.24, 2.45) is 5.73 Å². The second-order valence-electron chi connectivity index (χ2n) is 4.23. The van der Waals surface area contributed by atoms with E-state index in [1.54, 1.807) is 0 Å². The number of nitrogens with two attached hydrogens (primary N) is 1. The lowest BCUT2D eigenvalue weighted by Crippen LogP contribution is -2.25. The Balaban J connectivity index is -0.000000304. The lowest BCUT2D eigenvalue weighted by molar-refractivity contribution is 0.323. The van der Waals surface area contributed by atoms with E-state index in [-0.39, 0.29) is 0 Å². The number of hydrogen-bond donors (Lipinski definition) is 4. The van der Waals surface area contributed by atoms with E-state index in [2.05, 4.69) is 33.6 Å². The van der Waals surface area contributed by atoms with Gasteiger partial charge < -0.3 is 26.6 Å². The van der Waals surface area contributed by atoms with Crippen LogP contribution in [0.3, 0.4) is 0 Å². The van der Waals surface area contributed by atoms with Crippen LogP contribution in [0.5, 0.6) is 0 Å². The molecule has 122 valence electrons. The van der Waals surface area contributed by atoms with Crippen LogP contribution < -0.4 is 21.7 Å². The van der Waals surface area contributed by atoms with Crippen LogP contribution >= 0.6 is 0 Å². The molecule has 6 heteroatoms. The Morgan fingerprint density at radius 1 is 0.900 bits per heavy atom. The average Bonchev–Trinajstić information content (AvgIpc) is 2.48. The molecule has 5 N–H and O–H groups in total. The molecule has 0 heterocycles. The Morgan fingerprint density at radius 2 is 1.30 bits per heavy atom. The standard InChI is InChI=1S/C9H23N3.C4H8N2.CH5N/c1-10-6-4-8-12(3)9-5-7-11-2;1-6-4-2-3-5;1-2/h10-11H,4-9H2,1-3H3;6H,2,4H2,1H3;2H2,1H3. The normalized spacial score (nSPS) is 9.10.